The first-order valence-electron chi connectivity index (χ1n) is 8.13. The van der Waals surface area contributed by atoms with Crippen molar-refractivity contribution in [2.45, 2.75) is 40.5 Å². The van der Waals surface area contributed by atoms with Crippen LogP contribution in [0.4, 0.5) is 11.4 Å². The Morgan fingerprint density at radius 3 is 1.46 bits per heavy atom. The zero-order valence-corrected chi connectivity index (χ0v) is 16.0. The number of halogens is 2. The van der Waals surface area contributed by atoms with E-state index in [9.17, 15) is 0 Å². The smallest absolute Gasteiger partial charge is 0.0677 e. The van der Waals surface area contributed by atoms with Gasteiger partial charge < -0.3 is 0 Å². The molecule has 0 amide bonds. The summed E-state index contributed by atoms with van der Waals surface area (Å²) < 4.78 is 0. The molecule has 0 N–H and O–H groups in total. The quantitative estimate of drug-likeness (QED) is 0.500. The number of aliphatic imine (C=N–C) groups is 2. The van der Waals surface area contributed by atoms with E-state index in [1.54, 1.807) is 0 Å². The summed E-state index contributed by atoms with van der Waals surface area (Å²) in [5.74, 6) is 0. The monoisotopic (exact) mass is 360 g/mol. The van der Waals surface area contributed by atoms with Gasteiger partial charge in [-0.2, -0.15) is 0 Å². The lowest BCUT2D eigenvalue weighted by atomic mass is 10.1. The fraction of sp³-hybridized carbons (Fsp3) is 0.300. The van der Waals surface area contributed by atoms with Gasteiger partial charge in [-0.1, -0.05) is 49.2 Å². The van der Waals surface area contributed by atoms with Crippen molar-refractivity contribution in [1.82, 2.24) is 0 Å². The molecule has 0 atom stereocenters. The Hall–Kier alpha value is -1.64. The molecule has 0 spiro atoms. The number of hydrogen-bond donors (Lipinski definition) is 0. The van der Waals surface area contributed by atoms with Gasteiger partial charge in [-0.3, -0.25) is 9.98 Å². The second kappa shape index (κ2) is 8.46. The Kier molecular flexibility index (Phi) is 6.59. The third kappa shape index (κ3) is 4.25. The highest BCUT2D eigenvalue weighted by atomic mass is 35.5. The van der Waals surface area contributed by atoms with E-state index in [2.05, 4.69) is 13.8 Å². The van der Waals surface area contributed by atoms with Gasteiger partial charge in [0, 0.05) is 10.0 Å². The van der Waals surface area contributed by atoms with Gasteiger partial charge in [0.2, 0.25) is 0 Å². The molecule has 0 aliphatic rings. The predicted molar refractivity (Wildman–Crippen MR) is 107 cm³/mol. The van der Waals surface area contributed by atoms with E-state index in [4.69, 9.17) is 33.2 Å². The second-order valence-corrected chi connectivity index (χ2v) is 6.41. The largest absolute Gasteiger partial charge is 0.251 e. The van der Waals surface area contributed by atoms with E-state index < -0.39 is 0 Å². The van der Waals surface area contributed by atoms with Gasteiger partial charge in [0.25, 0.3) is 0 Å². The van der Waals surface area contributed by atoms with E-state index in [0.717, 1.165) is 56.8 Å². The van der Waals surface area contributed by atoms with E-state index in [-0.39, 0.29) is 0 Å². The number of benzene rings is 2. The maximum atomic E-state index is 6.21. The van der Waals surface area contributed by atoms with E-state index >= 15 is 0 Å². The first-order valence-corrected chi connectivity index (χ1v) is 8.89. The molecule has 0 heterocycles. The van der Waals surface area contributed by atoms with Crippen molar-refractivity contribution in [3.63, 3.8) is 0 Å². The van der Waals surface area contributed by atoms with Crippen LogP contribution in [0.15, 0.2) is 46.4 Å². The van der Waals surface area contributed by atoms with Crippen LogP contribution in [0.25, 0.3) is 0 Å². The lowest BCUT2D eigenvalue weighted by Crippen LogP contribution is -2.12. The molecule has 0 bridgehead atoms. The minimum atomic E-state index is 0.729. The highest BCUT2D eigenvalue weighted by Crippen LogP contribution is 2.28. The SMILES string of the molecule is CCC(=Nc1cccc(Cl)c1C)C(CC)=Nc1cccc(Cl)c1C. The van der Waals surface area contributed by atoms with Crippen LogP contribution in [0.5, 0.6) is 0 Å². The van der Waals surface area contributed by atoms with Crippen LogP contribution in [-0.4, -0.2) is 11.4 Å². The van der Waals surface area contributed by atoms with Crippen LogP contribution in [0, 0.1) is 13.8 Å². The van der Waals surface area contributed by atoms with Crippen LogP contribution in [-0.2, 0) is 0 Å². The van der Waals surface area contributed by atoms with Gasteiger partial charge in [-0.25, -0.2) is 0 Å². The van der Waals surface area contributed by atoms with Crippen molar-refractivity contribution < 1.29 is 0 Å². The van der Waals surface area contributed by atoms with Gasteiger partial charge in [-0.15, -0.1) is 0 Å². The van der Waals surface area contributed by atoms with Crippen molar-refractivity contribution >= 4 is 46.0 Å². The minimum Gasteiger partial charge on any atom is -0.251 e. The number of nitrogens with zero attached hydrogens (tertiary/aromatic N) is 2. The van der Waals surface area contributed by atoms with Crippen molar-refractivity contribution in [2.24, 2.45) is 9.98 Å². The van der Waals surface area contributed by atoms with Crippen LogP contribution in [0.3, 0.4) is 0 Å². The van der Waals surface area contributed by atoms with Crippen LogP contribution in [0.1, 0.15) is 37.8 Å². The highest BCUT2D eigenvalue weighted by Gasteiger charge is 2.09. The summed E-state index contributed by atoms with van der Waals surface area (Å²) in [6.07, 6.45) is 1.61. The maximum absolute atomic E-state index is 6.21. The molecule has 24 heavy (non-hydrogen) atoms. The molecule has 0 aliphatic carbocycles. The lowest BCUT2D eigenvalue weighted by molar-refractivity contribution is 1.23. The number of hydrogen-bond acceptors (Lipinski definition) is 2. The van der Waals surface area contributed by atoms with Gasteiger partial charge in [0.05, 0.1) is 22.8 Å². The zero-order chi connectivity index (χ0) is 17.7. The lowest BCUT2D eigenvalue weighted by Gasteiger charge is -2.10. The summed E-state index contributed by atoms with van der Waals surface area (Å²) in [4.78, 5) is 9.65. The molecule has 0 unspecified atom stereocenters. The Morgan fingerprint density at radius 2 is 1.12 bits per heavy atom. The summed E-state index contributed by atoms with van der Waals surface area (Å²) in [5, 5.41) is 1.46. The maximum Gasteiger partial charge on any atom is 0.0677 e. The van der Waals surface area contributed by atoms with Gasteiger partial charge >= 0.3 is 0 Å². The molecule has 2 aromatic rings. The standard InChI is InChI=1S/C20H22Cl2N2/c1-5-17(23-19-11-7-9-15(21)13(19)3)18(6-2)24-20-12-8-10-16(22)14(20)4/h7-12H,5-6H2,1-4H3. The van der Waals surface area contributed by atoms with Gasteiger partial charge in [-0.05, 0) is 62.1 Å². The Bertz CT molecular complexity index is 725. The third-order valence-electron chi connectivity index (χ3n) is 3.99. The van der Waals surface area contributed by atoms with E-state index in [1.807, 2.05) is 50.2 Å². The molecule has 126 valence electrons. The van der Waals surface area contributed by atoms with Crippen molar-refractivity contribution in [1.29, 1.82) is 0 Å². The molecule has 0 radical (unpaired) electrons. The molecule has 0 fully saturated rings. The van der Waals surface area contributed by atoms with Gasteiger partial charge in [0.15, 0.2) is 0 Å². The van der Waals surface area contributed by atoms with E-state index in [0.29, 0.717) is 0 Å². The molecule has 0 saturated heterocycles. The Labute approximate surface area is 154 Å². The van der Waals surface area contributed by atoms with Crippen molar-refractivity contribution in [2.75, 3.05) is 0 Å². The molecule has 0 aliphatic heterocycles. The average molecular weight is 361 g/mol. The predicted octanol–water partition coefficient (Wildman–Crippen LogP) is 7.28. The Balaban J connectivity index is 2.50. The molecule has 2 nitrogen and oxygen atoms in total. The summed E-state index contributed by atoms with van der Waals surface area (Å²) in [7, 11) is 0. The van der Waals surface area contributed by atoms with Crippen molar-refractivity contribution in [3.8, 4) is 0 Å². The topological polar surface area (TPSA) is 24.7 Å². The average Bonchev–Trinajstić information content (AvgIpc) is 2.58. The van der Waals surface area contributed by atoms with Gasteiger partial charge in [0.1, 0.15) is 0 Å². The summed E-state index contributed by atoms with van der Waals surface area (Å²) in [6, 6.07) is 11.6. The molecule has 0 saturated carbocycles. The summed E-state index contributed by atoms with van der Waals surface area (Å²) in [5.41, 5.74) is 5.70. The highest BCUT2D eigenvalue weighted by molar-refractivity contribution is 6.43. The fourth-order valence-corrected chi connectivity index (χ4v) is 2.76. The fourth-order valence-electron chi connectivity index (χ4n) is 2.42. The molecule has 0 aromatic heterocycles. The number of rotatable bonds is 5. The zero-order valence-electron chi connectivity index (χ0n) is 14.5. The first kappa shape index (κ1) is 18.7. The molecular weight excluding hydrogens is 339 g/mol. The molecular formula is C20H22Cl2N2. The minimum absolute atomic E-state index is 0.729. The van der Waals surface area contributed by atoms with Crippen LogP contribution < -0.4 is 0 Å². The van der Waals surface area contributed by atoms with Crippen LogP contribution >= 0.6 is 23.2 Å². The molecule has 2 rings (SSSR count). The summed E-state index contributed by atoms with van der Waals surface area (Å²) in [6.45, 7) is 8.15. The van der Waals surface area contributed by atoms with Crippen LogP contribution in [0.2, 0.25) is 10.0 Å². The molecule has 2 aromatic carbocycles. The third-order valence-corrected chi connectivity index (χ3v) is 4.81. The second-order valence-electron chi connectivity index (χ2n) is 5.59. The normalized spacial score (nSPS) is 12.6. The van der Waals surface area contributed by atoms with E-state index in [1.165, 1.54) is 0 Å². The Morgan fingerprint density at radius 1 is 0.750 bits per heavy atom. The summed E-state index contributed by atoms with van der Waals surface area (Å²) >= 11 is 12.4. The molecule has 4 heteroatoms. The first-order chi connectivity index (χ1) is 11.5. The van der Waals surface area contributed by atoms with Crippen molar-refractivity contribution in [3.05, 3.63) is 57.6 Å².